The molecule has 0 amide bonds. The number of rotatable bonds is 4. The fraction of sp³-hybridized carbons (Fsp3) is 0.129. The first-order valence-electron chi connectivity index (χ1n) is 24.3. The van der Waals surface area contributed by atoms with Crippen LogP contribution in [0, 0.1) is 0 Å². The topological polar surface area (TPSA) is 61.8 Å². The smallest absolute Gasteiger partial charge is 0.252 e. The largest absolute Gasteiger partial charge is 0.399 e. The molecule has 0 saturated carbocycles. The Morgan fingerprint density at radius 3 is 1.17 bits per heavy atom. The molecule has 0 radical (unpaired) electrons. The number of nitrogen functional groups attached to an aromatic ring is 2. The Kier molecular flexibility index (Phi) is 8.86. The number of fused-ring (bicyclic) bond motifs is 8. The summed E-state index contributed by atoms with van der Waals surface area (Å²) in [6.07, 6.45) is 0. The van der Waals surface area contributed by atoms with E-state index in [1.54, 1.807) is 0 Å². The van der Waals surface area contributed by atoms with Crippen LogP contribution in [0.2, 0.25) is 0 Å². The summed E-state index contributed by atoms with van der Waals surface area (Å²) in [5.41, 5.74) is 40.0. The van der Waals surface area contributed by atoms with Gasteiger partial charge in [0, 0.05) is 62.6 Å². The molecule has 332 valence electrons. The molecule has 0 atom stereocenters. The molecule has 5 nitrogen and oxygen atoms in total. The Morgan fingerprint density at radius 2 is 0.710 bits per heavy atom. The zero-order valence-electron chi connectivity index (χ0n) is 40.0. The number of benzene rings is 9. The second-order valence-electron chi connectivity index (χ2n) is 21.5. The van der Waals surface area contributed by atoms with Crippen molar-refractivity contribution in [2.24, 2.45) is 0 Å². The van der Waals surface area contributed by atoms with Gasteiger partial charge in [0.05, 0.1) is 0 Å². The van der Waals surface area contributed by atoms with Crippen LogP contribution in [-0.4, -0.2) is 13.4 Å². The van der Waals surface area contributed by atoms with Gasteiger partial charge in [-0.1, -0.05) is 145 Å². The molecule has 0 unspecified atom stereocenters. The van der Waals surface area contributed by atoms with Crippen LogP contribution in [0.25, 0.3) is 22.3 Å². The number of hydrogen-bond donors (Lipinski definition) is 2. The van der Waals surface area contributed by atoms with Gasteiger partial charge in [-0.15, -0.1) is 0 Å². The molecular formula is C62H53B2N5. The van der Waals surface area contributed by atoms with E-state index in [-0.39, 0.29) is 24.3 Å². The van der Waals surface area contributed by atoms with Crippen LogP contribution in [0.5, 0.6) is 0 Å². The van der Waals surface area contributed by atoms with Gasteiger partial charge < -0.3 is 26.2 Å². The highest BCUT2D eigenvalue weighted by Crippen LogP contribution is 2.49. The van der Waals surface area contributed by atoms with E-state index >= 15 is 0 Å². The number of para-hydroxylation sites is 2. The maximum absolute atomic E-state index is 6.37. The SMILES string of the molecule is CC(C)(C)c1ccc(N2c3ccccc3B3c4cc(-c5ccc(N)cc5)cc5c4N(c4cccc2c43)c2cc(-c3ccc(N)cc3)cc3c2B5c2ccccc2N3c2ccc(C(C)(C)C)cc2)cc1. The summed E-state index contributed by atoms with van der Waals surface area (Å²) in [5, 5.41) is 0. The van der Waals surface area contributed by atoms with E-state index < -0.39 is 0 Å². The molecule has 9 aromatic carbocycles. The predicted octanol–water partition coefficient (Wildman–Crippen LogP) is 11.5. The molecule has 9 aromatic rings. The van der Waals surface area contributed by atoms with E-state index in [0.29, 0.717) is 0 Å². The van der Waals surface area contributed by atoms with Crippen molar-refractivity contribution in [2.45, 2.75) is 52.4 Å². The fourth-order valence-electron chi connectivity index (χ4n) is 11.8. The monoisotopic (exact) mass is 889 g/mol. The maximum Gasteiger partial charge on any atom is 0.252 e. The first-order chi connectivity index (χ1) is 33.3. The van der Waals surface area contributed by atoms with Gasteiger partial charge in [-0.2, -0.15) is 0 Å². The minimum Gasteiger partial charge on any atom is -0.399 e. The third-order valence-corrected chi connectivity index (χ3v) is 15.2. The number of anilines is 11. The van der Waals surface area contributed by atoms with Crippen molar-refractivity contribution in [2.75, 3.05) is 26.2 Å². The highest BCUT2D eigenvalue weighted by atomic mass is 15.2. The molecule has 4 aliphatic rings. The minimum atomic E-state index is -0.0584. The van der Waals surface area contributed by atoms with Gasteiger partial charge in [-0.3, -0.25) is 0 Å². The molecule has 0 aromatic heterocycles. The van der Waals surface area contributed by atoms with Gasteiger partial charge in [0.2, 0.25) is 0 Å². The number of nitrogens with two attached hydrogens (primary N) is 2. The average Bonchev–Trinajstić information content (AvgIpc) is 3.35. The van der Waals surface area contributed by atoms with Crippen LogP contribution < -0.4 is 58.9 Å². The zero-order valence-corrected chi connectivity index (χ0v) is 40.0. The van der Waals surface area contributed by atoms with Gasteiger partial charge in [0.15, 0.2) is 0 Å². The molecule has 0 saturated heterocycles. The lowest BCUT2D eigenvalue weighted by atomic mass is 9.29. The molecule has 7 heteroatoms. The third-order valence-electron chi connectivity index (χ3n) is 15.2. The molecular weight excluding hydrogens is 836 g/mol. The third kappa shape index (κ3) is 6.26. The molecule has 0 aliphatic carbocycles. The van der Waals surface area contributed by atoms with Crippen molar-refractivity contribution in [1.29, 1.82) is 0 Å². The highest BCUT2D eigenvalue weighted by Gasteiger charge is 2.50. The summed E-state index contributed by atoms with van der Waals surface area (Å²) >= 11 is 0. The van der Waals surface area contributed by atoms with Gasteiger partial charge in [-0.25, -0.2) is 0 Å². The quantitative estimate of drug-likeness (QED) is 0.136. The summed E-state index contributed by atoms with van der Waals surface area (Å²) in [6.45, 7) is 13.6. The zero-order chi connectivity index (χ0) is 47.1. The molecule has 4 N–H and O–H groups in total. The van der Waals surface area contributed by atoms with Crippen LogP contribution in [0.1, 0.15) is 52.7 Å². The van der Waals surface area contributed by atoms with Crippen molar-refractivity contribution < 1.29 is 0 Å². The Hall–Kier alpha value is -7.89. The van der Waals surface area contributed by atoms with Crippen molar-refractivity contribution in [3.63, 3.8) is 0 Å². The van der Waals surface area contributed by atoms with Crippen LogP contribution in [0.4, 0.5) is 62.6 Å². The molecule has 13 rings (SSSR count). The van der Waals surface area contributed by atoms with E-state index in [4.69, 9.17) is 11.5 Å². The van der Waals surface area contributed by atoms with E-state index in [2.05, 4.69) is 220 Å². The van der Waals surface area contributed by atoms with Gasteiger partial charge in [0.25, 0.3) is 13.4 Å². The van der Waals surface area contributed by atoms with Gasteiger partial charge in [-0.05, 0) is 162 Å². The maximum atomic E-state index is 6.37. The summed E-state index contributed by atoms with van der Waals surface area (Å²) in [6, 6.07) is 70.3. The Bertz CT molecular complexity index is 3530. The molecule has 4 heterocycles. The molecule has 69 heavy (non-hydrogen) atoms. The second-order valence-corrected chi connectivity index (χ2v) is 21.5. The van der Waals surface area contributed by atoms with Gasteiger partial charge in [0.1, 0.15) is 0 Å². The van der Waals surface area contributed by atoms with Crippen molar-refractivity contribution in [3.05, 3.63) is 199 Å². The van der Waals surface area contributed by atoms with E-state index in [1.165, 1.54) is 89.3 Å². The lowest BCUT2D eigenvalue weighted by Gasteiger charge is -2.50. The minimum absolute atomic E-state index is 0.0220. The average molecular weight is 890 g/mol. The Labute approximate surface area is 406 Å². The molecule has 4 aliphatic heterocycles. The van der Waals surface area contributed by atoms with Crippen molar-refractivity contribution in [3.8, 4) is 22.3 Å². The van der Waals surface area contributed by atoms with Crippen molar-refractivity contribution in [1.82, 2.24) is 0 Å². The molecule has 0 bridgehead atoms. The normalized spacial score (nSPS) is 13.9. The Balaban J connectivity index is 1.14. The van der Waals surface area contributed by atoms with Crippen LogP contribution >= 0.6 is 0 Å². The van der Waals surface area contributed by atoms with E-state index in [1.807, 2.05) is 24.3 Å². The van der Waals surface area contributed by atoms with E-state index in [0.717, 1.165) is 39.4 Å². The standard InChI is InChI=1S/C62H53B2N5/c1-61(2,3)42-22-30-46(31-23-42)67-52-14-9-7-12-48(52)63-50-34-40(38-18-26-44(65)27-19-38)35-51-60(50)69(55-17-11-16-54(67)58(55)63)57-37-41(39-20-28-45(66)29-21-39)36-56-59(57)64(51)49-13-8-10-15-53(49)68(56)47-32-24-43(25-33-47)62(4,5)6/h7-37H,65-66H2,1-6H3. The number of hydrogen-bond acceptors (Lipinski definition) is 5. The predicted molar refractivity (Wildman–Crippen MR) is 297 cm³/mol. The van der Waals surface area contributed by atoms with E-state index in [9.17, 15) is 0 Å². The van der Waals surface area contributed by atoms with Crippen LogP contribution in [-0.2, 0) is 10.8 Å². The Morgan fingerprint density at radius 1 is 0.333 bits per heavy atom. The summed E-state index contributed by atoms with van der Waals surface area (Å²) in [7, 11) is 0. The second kappa shape index (κ2) is 14.8. The van der Waals surface area contributed by atoms with Gasteiger partial charge >= 0.3 is 0 Å². The fourth-order valence-corrected chi connectivity index (χ4v) is 11.8. The summed E-state index contributed by atoms with van der Waals surface area (Å²) < 4.78 is 0. The molecule has 0 spiro atoms. The van der Waals surface area contributed by atoms with Crippen LogP contribution in [0.15, 0.2) is 188 Å². The number of nitrogens with zero attached hydrogens (tertiary/aromatic N) is 3. The van der Waals surface area contributed by atoms with Crippen molar-refractivity contribution >= 4 is 109 Å². The lowest BCUT2D eigenvalue weighted by Crippen LogP contribution is -2.68. The van der Waals surface area contributed by atoms with Crippen LogP contribution in [0.3, 0.4) is 0 Å². The first-order valence-corrected chi connectivity index (χ1v) is 24.3. The molecule has 0 fully saturated rings. The lowest BCUT2D eigenvalue weighted by molar-refractivity contribution is 0.590. The summed E-state index contributed by atoms with van der Waals surface area (Å²) in [4.78, 5) is 7.64. The first kappa shape index (κ1) is 41.3. The highest BCUT2D eigenvalue weighted by molar-refractivity contribution is 7.04. The summed E-state index contributed by atoms with van der Waals surface area (Å²) in [5.74, 6) is 0.